The van der Waals surface area contributed by atoms with Crippen LogP contribution >= 0.6 is 0 Å². The van der Waals surface area contributed by atoms with E-state index in [0.29, 0.717) is 17.9 Å². The van der Waals surface area contributed by atoms with Crippen LogP contribution in [0.5, 0.6) is 5.75 Å². The lowest BCUT2D eigenvalue weighted by molar-refractivity contribution is 0.0991. The predicted octanol–water partition coefficient (Wildman–Crippen LogP) is 3.79. The number of hydrogen-bond acceptors (Lipinski definition) is 2. The molecule has 2 nitrogen and oxygen atoms in total. The van der Waals surface area contributed by atoms with Crippen molar-refractivity contribution in [3.63, 3.8) is 0 Å². The molecule has 0 unspecified atom stereocenters. The van der Waals surface area contributed by atoms with E-state index in [1.807, 2.05) is 6.92 Å². The highest BCUT2D eigenvalue weighted by Gasteiger charge is 2.11. The van der Waals surface area contributed by atoms with Gasteiger partial charge < -0.3 is 4.74 Å². The largest absolute Gasteiger partial charge is 0.494 e. The van der Waals surface area contributed by atoms with Crippen LogP contribution in [0, 0.1) is 11.6 Å². The molecule has 0 aliphatic rings. The molecule has 0 N–H and O–H groups in total. The van der Waals surface area contributed by atoms with E-state index in [2.05, 4.69) is 0 Å². The van der Waals surface area contributed by atoms with Crippen molar-refractivity contribution in [1.29, 1.82) is 0 Å². The molecular weight excluding hydrogens is 262 g/mol. The van der Waals surface area contributed by atoms with Crippen LogP contribution in [-0.4, -0.2) is 12.4 Å². The Morgan fingerprint density at radius 2 is 1.80 bits per heavy atom. The summed E-state index contributed by atoms with van der Waals surface area (Å²) in [5.74, 6) is -0.731. The molecule has 0 saturated heterocycles. The summed E-state index contributed by atoms with van der Waals surface area (Å²) in [6.45, 7) is 2.41. The first-order chi connectivity index (χ1) is 9.60. The maximum Gasteiger partial charge on any atom is 0.167 e. The maximum absolute atomic E-state index is 13.5. The predicted molar refractivity (Wildman–Crippen MR) is 72.0 cm³/mol. The Hall–Kier alpha value is -2.23. The summed E-state index contributed by atoms with van der Waals surface area (Å²) in [7, 11) is 0. The minimum Gasteiger partial charge on any atom is -0.494 e. The number of carbonyl (C=O) groups is 1. The average molecular weight is 276 g/mol. The summed E-state index contributed by atoms with van der Waals surface area (Å²) in [5.41, 5.74) is 0.501. The van der Waals surface area contributed by atoms with Gasteiger partial charge in [0.2, 0.25) is 0 Å². The Morgan fingerprint density at radius 3 is 2.45 bits per heavy atom. The normalized spacial score (nSPS) is 10.3. The monoisotopic (exact) mass is 276 g/mol. The smallest absolute Gasteiger partial charge is 0.167 e. The second kappa shape index (κ2) is 6.28. The van der Waals surface area contributed by atoms with Gasteiger partial charge >= 0.3 is 0 Å². The van der Waals surface area contributed by atoms with Gasteiger partial charge in [-0.05, 0) is 55.0 Å². The van der Waals surface area contributed by atoms with Crippen molar-refractivity contribution >= 4 is 5.78 Å². The molecule has 20 heavy (non-hydrogen) atoms. The van der Waals surface area contributed by atoms with E-state index in [4.69, 9.17) is 4.74 Å². The fourth-order valence-corrected chi connectivity index (χ4v) is 1.86. The van der Waals surface area contributed by atoms with E-state index in [9.17, 15) is 13.6 Å². The van der Waals surface area contributed by atoms with E-state index < -0.39 is 11.6 Å². The van der Waals surface area contributed by atoms with Gasteiger partial charge in [-0.1, -0.05) is 0 Å². The maximum atomic E-state index is 13.5. The number of rotatable bonds is 5. The molecule has 0 radical (unpaired) electrons. The summed E-state index contributed by atoms with van der Waals surface area (Å²) in [6.07, 6.45) is -0.169. The van der Waals surface area contributed by atoms with Crippen molar-refractivity contribution in [1.82, 2.24) is 0 Å². The van der Waals surface area contributed by atoms with E-state index >= 15 is 0 Å². The van der Waals surface area contributed by atoms with Gasteiger partial charge in [-0.2, -0.15) is 0 Å². The Kier molecular flexibility index (Phi) is 4.45. The van der Waals surface area contributed by atoms with Crippen LogP contribution in [0.15, 0.2) is 42.5 Å². The lowest BCUT2D eigenvalue weighted by atomic mass is 10.0. The average Bonchev–Trinajstić information content (AvgIpc) is 2.44. The molecule has 0 spiro atoms. The second-order valence-corrected chi connectivity index (χ2v) is 4.29. The van der Waals surface area contributed by atoms with Crippen LogP contribution in [0.2, 0.25) is 0 Å². The lowest BCUT2D eigenvalue weighted by Crippen LogP contribution is -2.05. The third-order valence-corrected chi connectivity index (χ3v) is 2.85. The first-order valence-corrected chi connectivity index (χ1v) is 6.30. The van der Waals surface area contributed by atoms with Crippen LogP contribution in [0.25, 0.3) is 0 Å². The second-order valence-electron chi connectivity index (χ2n) is 4.29. The molecule has 0 amide bonds. The first-order valence-electron chi connectivity index (χ1n) is 6.30. The molecule has 2 aromatic carbocycles. The molecule has 0 aromatic heterocycles. The molecular formula is C16H14F2O2. The topological polar surface area (TPSA) is 26.3 Å². The van der Waals surface area contributed by atoms with Gasteiger partial charge in [0.1, 0.15) is 17.4 Å². The van der Waals surface area contributed by atoms with Gasteiger partial charge in [0.25, 0.3) is 0 Å². The molecule has 104 valence electrons. The zero-order valence-electron chi connectivity index (χ0n) is 11.0. The van der Waals surface area contributed by atoms with Gasteiger partial charge in [0.15, 0.2) is 5.78 Å². The minimum atomic E-state index is -0.578. The molecule has 4 heteroatoms. The van der Waals surface area contributed by atoms with Crippen molar-refractivity contribution in [3.8, 4) is 5.75 Å². The first kappa shape index (κ1) is 14.2. The van der Waals surface area contributed by atoms with Crippen molar-refractivity contribution in [2.75, 3.05) is 6.61 Å². The Bertz CT molecular complexity index is 606. The molecule has 0 saturated carbocycles. The highest BCUT2D eigenvalue weighted by atomic mass is 19.1. The van der Waals surface area contributed by atoms with Crippen LogP contribution in [0.1, 0.15) is 22.8 Å². The fourth-order valence-electron chi connectivity index (χ4n) is 1.86. The molecule has 0 fully saturated rings. The van der Waals surface area contributed by atoms with Crippen molar-refractivity contribution < 1.29 is 18.3 Å². The van der Waals surface area contributed by atoms with Gasteiger partial charge in [-0.15, -0.1) is 0 Å². The fraction of sp³-hybridized carbons (Fsp3) is 0.188. The molecule has 2 rings (SSSR count). The number of ketones is 1. The van der Waals surface area contributed by atoms with E-state index in [-0.39, 0.29) is 17.8 Å². The van der Waals surface area contributed by atoms with Gasteiger partial charge in [0.05, 0.1) is 6.61 Å². The number of benzene rings is 2. The lowest BCUT2D eigenvalue weighted by Gasteiger charge is -2.05. The SMILES string of the molecule is CCOc1ccc(C(=O)Cc2cc(F)ccc2F)cc1. The Labute approximate surface area is 116 Å². The molecule has 0 atom stereocenters. The van der Waals surface area contributed by atoms with Gasteiger partial charge in [0, 0.05) is 12.0 Å². The van der Waals surface area contributed by atoms with Crippen LogP contribution in [-0.2, 0) is 6.42 Å². The Balaban J connectivity index is 2.13. The van der Waals surface area contributed by atoms with Crippen molar-refractivity contribution in [2.24, 2.45) is 0 Å². The molecule has 0 aliphatic heterocycles. The zero-order valence-corrected chi connectivity index (χ0v) is 11.0. The standard InChI is InChI=1S/C16H14F2O2/c1-2-20-14-6-3-11(4-7-14)16(19)10-12-9-13(17)5-8-15(12)18/h3-9H,2,10H2,1H3. The number of halogens is 2. The number of carbonyl (C=O) groups excluding carboxylic acids is 1. The van der Waals surface area contributed by atoms with E-state index in [1.54, 1.807) is 24.3 Å². The highest BCUT2D eigenvalue weighted by Crippen LogP contribution is 2.16. The summed E-state index contributed by atoms with van der Waals surface area (Å²) in [4.78, 5) is 12.0. The quantitative estimate of drug-likeness (QED) is 0.777. The molecule has 0 aliphatic carbocycles. The minimum absolute atomic E-state index is 0.0592. The summed E-state index contributed by atoms with van der Waals surface area (Å²) in [6, 6.07) is 9.69. The highest BCUT2D eigenvalue weighted by molar-refractivity contribution is 5.97. The summed E-state index contributed by atoms with van der Waals surface area (Å²) < 4.78 is 31.8. The number of ether oxygens (including phenoxy) is 1. The number of Topliss-reactive ketones (excluding diaryl/α,β-unsaturated/α-hetero) is 1. The van der Waals surface area contributed by atoms with E-state index in [1.165, 1.54) is 0 Å². The molecule has 0 heterocycles. The van der Waals surface area contributed by atoms with Crippen LogP contribution in [0.4, 0.5) is 8.78 Å². The van der Waals surface area contributed by atoms with Crippen LogP contribution < -0.4 is 4.74 Å². The van der Waals surface area contributed by atoms with Crippen LogP contribution in [0.3, 0.4) is 0 Å². The molecule has 0 bridgehead atoms. The zero-order chi connectivity index (χ0) is 14.5. The Morgan fingerprint density at radius 1 is 1.10 bits per heavy atom. The number of hydrogen-bond donors (Lipinski definition) is 0. The summed E-state index contributed by atoms with van der Waals surface area (Å²) >= 11 is 0. The van der Waals surface area contributed by atoms with Crippen molar-refractivity contribution in [3.05, 3.63) is 65.2 Å². The van der Waals surface area contributed by atoms with E-state index in [0.717, 1.165) is 18.2 Å². The van der Waals surface area contributed by atoms with Crippen molar-refractivity contribution in [2.45, 2.75) is 13.3 Å². The van der Waals surface area contributed by atoms with Gasteiger partial charge in [-0.25, -0.2) is 8.78 Å². The van der Waals surface area contributed by atoms with Gasteiger partial charge in [-0.3, -0.25) is 4.79 Å². The third-order valence-electron chi connectivity index (χ3n) is 2.85. The molecule has 2 aromatic rings. The summed E-state index contributed by atoms with van der Waals surface area (Å²) in [5, 5.41) is 0. The third kappa shape index (κ3) is 3.41.